The number of alkyl carbamates (subject to hydrolysis) is 1. The molecule has 0 spiro atoms. The molecule has 1 rings (SSSR count). The highest BCUT2D eigenvalue weighted by Crippen LogP contribution is 2.19. The summed E-state index contributed by atoms with van der Waals surface area (Å²) in [6.45, 7) is 5.65. The predicted molar refractivity (Wildman–Crippen MR) is 59.2 cm³/mol. The summed E-state index contributed by atoms with van der Waals surface area (Å²) in [6.07, 6.45) is 0.642. The molecule has 0 aliphatic carbocycles. The molecule has 0 saturated carbocycles. The normalized spacial score (nSPS) is 19.5. The molecule has 0 atom stereocenters. The van der Waals surface area contributed by atoms with Crippen LogP contribution in [-0.4, -0.2) is 43.2 Å². The van der Waals surface area contributed by atoms with Gasteiger partial charge in [0.25, 0.3) is 0 Å². The Labute approximate surface area is 96.1 Å². The maximum Gasteiger partial charge on any atom is 0.407 e. The highest BCUT2D eigenvalue weighted by molar-refractivity contribution is 5.67. The minimum Gasteiger partial charge on any atom is -0.449 e. The van der Waals surface area contributed by atoms with Crippen LogP contribution >= 0.6 is 0 Å². The van der Waals surface area contributed by atoms with E-state index < -0.39 is 11.7 Å². The lowest BCUT2D eigenvalue weighted by Gasteiger charge is -2.31. The number of hydrogen-bond donors (Lipinski definition) is 2. The Morgan fingerprint density at radius 3 is 2.69 bits per heavy atom. The molecule has 1 amide bonds. The van der Waals surface area contributed by atoms with E-state index in [9.17, 15) is 9.90 Å². The molecule has 0 aromatic heterocycles. The van der Waals surface area contributed by atoms with Crippen molar-refractivity contribution in [3.63, 3.8) is 0 Å². The number of amides is 1. The second kappa shape index (κ2) is 6.06. The first-order valence-electron chi connectivity index (χ1n) is 5.73. The SMILES string of the molecule is CC(C)COC(=O)NCC1(O)CCOCC1. The van der Waals surface area contributed by atoms with Crippen molar-refractivity contribution in [3.8, 4) is 0 Å². The molecule has 0 aromatic carbocycles. The maximum atomic E-state index is 11.3. The Morgan fingerprint density at radius 2 is 2.12 bits per heavy atom. The third kappa shape index (κ3) is 4.81. The average Bonchev–Trinajstić information content (AvgIpc) is 2.25. The van der Waals surface area contributed by atoms with Crippen LogP contribution in [0, 0.1) is 5.92 Å². The summed E-state index contributed by atoms with van der Waals surface area (Å²) in [5.74, 6) is 0.317. The van der Waals surface area contributed by atoms with Crippen molar-refractivity contribution < 1.29 is 19.4 Å². The topological polar surface area (TPSA) is 67.8 Å². The minimum absolute atomic E-state index is 0.229. The molecule has 94 valence electrons. The highest BCUT2D eigenvalue weighted by atomic mass is 16.5. The van der Waals surface area contributed by atoms with Crippen LogP contribution in [-0.2, 0) is 9.47 Å². The van der Waals surface area contributed by atoms with Crippen molar-refractivity contribution in [1.29, 1.82) is 0 Å². The van der Waals surface area contributed by atoms with Crippen molar-refractivity contribution in [2.24, 2.45) is 5.92 Å². The lowest BCUT2D eigenvalue weighted by Crippen LogP contribution is -2.46. The summed E-state index contributed by atoms with van der Waals surface area (Å²) in [5.41, 5.74) is -0.838. The zero-order valence-corrected chi connectivity index (χ0v) is 9.99. The Kier molecular flexibility index (Phi) is 5.02. The first-order chi connectivity index (χ1) is 7.52. The molecule has 1 saturated heterocycles. The maximum absolute atomic E-state index is 11.3. The molecule has 1 fully saturated rings. The molecular weight excluding hydrogens is 210 g/mol. The van der Waals surface area contributed by atoms with Crippen molar-refractivity contribution in [2.45, 2.75) is 32.3 Å². The molecule has 0 radical (unpaired) electrons. The number of nitrogens with one attached hydrogen (secondary N) is 1. The van der Waals surface area contributed by atoms with Crippen LogP contribution in [0.5, 0.6) is 0 Å². The van der Waals surface area contributed by atoms with Gasteiger partial charge in [0.15, 0.2) is 0 Å². The number of carbonyl (C=O) groups excluding carboxylic acids is 1. The van der Waals surface area contributed by atoms with Gasteiger partial charge < -0.3 is 19.9 Å². The summed E-state index contributed by atoms with van der Waals surface area (Å²) in [7, 11) is 0. The largest absolute Gasteiger partial charge is 0.449 e. The number of ether oxygens (including phenoxy) is 2. The minimum atomic E-state index is -0.838. The summed E-state index contributed by atoms with van der Waals surface area (Å²) < 4.78 is 10.1. The van der Waals surface area contributed by atoms with Crippen LogP contribution in [0.4, 0.5) is 4.79 Å². The Bertz CT molecular complexity index is 224. The van der Waals surface area contributed by atoms with Crippen LogP contribution in [0.1, 0.15) is 26.7 Å². The van der Waals surface area contributed by atoms with Gasteiger partial charge in [-0.2, -0.15) is 0 Å². The van der Waals surface area contributed by atoms with E-state index in [0.29, 0.717) is 38.6 Å². The van der Waals surface area contributed by atoms with E-state index in [1.165, 1.54) is 0 Å². The van der Waals surface area contributed by atoms with Crippen LogP contribution in [0.2, 0.25) is 0 Å². The van der Waals surface area contributed by atoms with Gasteiger partial charge in [0, 0.05) is 32.6 Å². The number of hydrogen-bond acceptors (Lipinski definition) is 4. The molecule has 0 bridgehead atoms. The molecule has 2 N–H and O–H groups in total. The number of rotatable bonds is 4. The van der Waals surface area contributed by atoms with Gasteiger partial charge in [0.2, 0.25) is 0 Å². The zero-order chi connectivity index (χ0) is 12.0. The van der Waals surface area contributed by atoms with E-state index in [0.717, 1.165) is 0 Å². The van der Waals surface area contributed by atoms with E-state index in [1.54, 1.807) is 0 Å². The summed E-state index contributed by atoms with van der Waals surface area (Å²) >= 11 is 0. The molecule has 5 heteroatoms. The van der Waals surface area contributed by atoms with Gasteiger partial charge in [0.1, 0.15) is 0 Å². The van der Waals surface area contributed by atoms with Crippen LogP contribution in [0.15, 0.2) is 0 Å². The first-order valence-corrected chi connectivity index (χ1v) is 5.73. The van der Waals surface area contributed by atoms with Gasteiger partial charge in [-0.15, -0.1) is 0 Å². The smallest absolute Gasteiger partial charge is 0.407 e. The predicted octanol–water partition coefficient (Wildman–Crippen LogP) is 0.910. The lowest BCUT2D eigenvalue weighted by atomic mass is 9.94. The van der Waals surface area contributed by atoms with E-state index in [2.05, 4.69) is 5.32 Å². The molecule has 0 aromatic rings. The fourth-order valence-corrected chi connectivity index (χ4v) is 1.46. The number of carbonyl (C=O) groups is 1. The van der Waals surface area contributed by atoms with E-state index >= 15 is 0 Å². The Hall–Kier alpha value is -0.810. The Balaban J connectivity index is 2.19. The van der Waals surface area contributed by atoms with E-state index in [4.69, 9.17) is 9.47 Å². The van der Waals surface area contributed by atoms with Crippen molar-refractivity contribution in [2.75, 3.05) is 26.4 Å². The second-order valence-electron chi connectivity index (χ2n) is 4.68. The monoisotopic (exact) mass is 231 g/mol. The molecule has 5 nitrogen and oxygen atoms in total. The molecule has 1 heterocycles. The van der Waals surface area contributed by atoms with Crippen molar-refractivity contribution in [1.82, 2.24) is 5.32 Å². The molecule has 16 heavy (non-hydrogen) atoms. The van der Waals surface area contributed by atoms with Gasteiger partial charge in [-0.05, 0) is 5.92 Å². The van der Waals surface area contributed by atoms with Gasteiger partial charge in [0.05, 0.1) is 12.2 Å². The van der Waals surface area contributed by atoms with Crippen LogP contribution in [0.25, 0.3) is 0 Å². The Morgan fingerprint density at radius 1 is 1.50 bits per heavy atom. The summed E-state index contributed by atoms with van der Waals surface area (Å²) in [5, 5.41) is 12.6. The zero-order valence-electron chi connectivity index (χ0n) is 9.99. The van der Waals surface area contributed by atoms with Crippen LogP contribution < -0.4 is 5.32 Å². The second-order valence-corrected chi connectivity index (χ2v) is 4.68. The summed E-state index contributed by atoms with van der Waals surface area (Å²) in [6, 6.07) is 0. The quantitative estimate of drug-likeness (QED) is 0.754. The fourth-order valence-electron chi connectivity index (χ4n) is 1.46. The van der Waals surface area contributed by atoms with Crippen molar-refractivity contribution >= 4 is 6.09 Å². The third-order valence-electron chi connectivity index (χ3n) is 2.53. The standard InChI is InChI=1S/C11H21NO4/c1-9(2)7-16-10(13)12-8-11(14)3-5-15-6-4-11/h9,14H,3-8H2,1-2H3,(H,12,13). The summed E-state index contributed by atoms with van der Waals surface area (Å²) in [4.78, 5) is 11.3. The molecule has 1 aliphatic rings. The fraction of sp³-hybridized carbons (Fsp3) is 0.909. The van der Waals surface area contributed by atoms with E-state index in [-0.39, 0.29) is 6.54 Å². The third-order valence-corrected chi connectivity index (χ3v) is 2.53. The lowest BCUT2D eigenvalue weighted by molar-refractivity contribution is -0.0611. The first kappa shape index (κ1) is 13.3. The van der Waals surface area contributed by atoms with E-state index in [1.807, 2.05) is 13.8 Å². The van der Waals surface area contributed by atoms with Gasteiger partial charge in [-0.3, -0.25) is 0 Å². The van der Waals surface area contributed by atoms with Crippen LogP contribution in [0.3, 0.4) is 0 Å². The average molecular weight is 231 g/mol. The number of aliphatic hydroxyl groups is 1. The molecule has 0 unspecified atom stereocenters. The van der Waals surface area contributed by atoms with Gasteiger partial charge in [-0.1, -0.05) is 13.8 Å². The van der Waals surface area contributed by atoms with Gasteiger partial charge >= 0.3 is 6.09 Å². The molecular formula is C11H21NO4. The highest BCUT2D eigenvalue weighted by Gasteiger charge is 2.30. The molecule has 1 aliphatic heterocycles. The van der Waals surface area contributed by atoms with Crippen molar-refractivity contribution in [3.05, 3.63) is 0 Å². The van der Waals surface area contributed by atoms with Gasteiger partial charge in [-0.25, -0.2) is 4.79 Å².